The van der Waals surface area contributed by atoms with Crippen LogP contribution in [0.1, 0.15) is 11.1 Å². The molecule has 1 amide bonds. The number of aromatic hydroxyl groups is 1. The minimum atomic E-state index is -0.484. The number of aromatic nitrogens is 4. The maximum Gasteiger partial charge on any atom is 0.263 e. The molecule has 0 aliphatic rings. The lowest BCUT2D eigenvalue weighted by Crippen LogP contribution is -2.24. The predicted molar refractivity (Wildman–Crippen MR) is 107 cm³/mol. The van der Waals surface area contributed by atoms with E-state index in [1.165, 1.54) is 6.21 Å². The van der Waals surface area contributed by atoms with Crippen molar-refractivity contribution in [3.8, 4) is 23.2 Å². The number of nitrogens with one attached hydrogen (secondary N) is 1. The third kappa shape index (κ3) is 4.59. The Morgan fingerprint density at radius 1 is 1.36 bits per heavy atom. The van der Waals surface area contributed by atoms with Crippen molar-refractivity contribution in [1.82, 2.24) is 25.6 Å². The van der Waals surface area contributed by atoms with E-state index in [0.717, 1.165) is 9.27 Å². The van der Waals surface area contributed by atoms with Gasteiger partial charge in [-0.2, -0.15) is 15.2 Å². The Labute approximate surface area is 175 Å². The highest BCUT2D eigenvalue weighted by Crippen LogP contribution is 2.30. The third-order valence-corrected chi connectivity index (χ3v) is 4.54. The van der Waals surface area contributed by atoms with Crippen molar-refractivity contribution < 1.29 is 9.90 Å². The van der Waals surface area contributed by atoms with Gasteiger partial charge in [0.15, 0.2) is 0 Å². The number of hydrogen-bond donors (Lipinski definition) is 2. The van der Waals surface area contributed by atoms with Crippen molar-refractivity contribution in [3.05, 3.63) is 56.5 Å². The minimum absolute atomic E-state index is 0.0000539. The maximum atomic E-state index is 12.0. The number of nitrogens with zero attached hydrogens (tertiary/aromatic N) is 6. The lowest BCUT2D eigenvalue weighted by Gasteiger charge is -2.03. The molecule has 0 radical (unpaired) electrons. The summed E-state index contributed by atoms with van der Waals surface area (Å²) in [5, 5.41) is 34.7. The Kier molecular flexibility index (Phi) is 6.13. The number of phenols is 1. The second-order valence-electron chi connectivity index (χ2n) is 5.42. The van der Waals surface area contributed by atoms with Crippen molar-refractivity contribution >= 4 is 44.0 Å². The van der Waals surface area contributed by atoms with E-state index in [2.05, 4.69) is 63.9 Å². The van der Waals surface area contributed by atoms with E-state index >= 15 is 0 Å². The molecule has 0 aliphatic heterocycles. The number of benzene rings is 2. The Hall–Kier alpha value is -3.10. The first kappa shape index (κ1) is 19.7. The standard InChI is InChI=1S/C17H11Br2N7O2/c18-12-5-11(16(28)14(19)6-12)8-21-22-15(27)9-26-24-17(23-25-26)13-4-2-1-3-10(13)7-20/h1-6,8,28H,9H2,(H,22,27)/b21-8-. The van der Waals surface area contributed by atoms with Crippen LogP contribution in [0.15, 0.2) is 50.4 Å². The molecule has 0 aliphatic carbocycles. The molecule has 0 spiro atoms. The summed E-state index contributed by atoms with van der Waals surface area (Å²) in [5.74, 6) is -0.236. The van der Waals surface area contributed by atoms with Crippen LogP contribution in [0.4, 0.5) is 0 Å². The fourth-order valence-electron chi connectivity index (χ4n) is 2.22. The van der Waals surface area contributed by atoms with Gasteiger partial charge in [0.1, 0.15) is 12.3 Å². The first-order valence-electron chi connectivity index (χ1n) is 7.75. The fourth-order valence-corrected chi connectivity index (χ4v) is 3.47. The third-order valence-electron chi connectivity index (χ3n) is 3.48. The maximum absolute atomic E-state index is 12.0. The molecule has 0 atom stereocenters. The highest BCUT2D eigenvalue weighted by molar-refractivity contribution is 9.11. The molecule has 9 nitrogen and oxygen atoms in total. The van der Waals surface area contributed by atoms with Crippen LogP contribution < -0.4 is 5.43 Å². The zero-order chi connectivity index (χ0) is 20.1. The average molecular weight is 505 g/mol. The van der Waals surface area contributed by atoms with Gasteiger partial charge in [-0.25, -0.2) is 5.43 Å². The summed E-state index contributed by atoms with van der Waals surface area (Å²) in [5.41, 5.74) is 3.68. The van der Waals surface area contributed by atoms with Gasteiger partial charge in [-0.15, -0.1) is 10.2 Å². The number of carbonyl (C=O) groups is 1. The van der Waals surface area contributed by atoms with E-state index in [4.69, 9.17) is 5.26 Å². The monoisotopic (exact) mass is 503 g/mol. The van der Waals surface area contributed by atoms with E-state index in [1.54, 1.807) is 36.4 Å². The molecule has 2 aromatic carbocycles. The van der Waals surface area contributed by atoms with Gasteiger partial charge < -0.3 is 5.11 Å². The fraction of sp³-hybridized carbons (Fsp3) is 0.0588. The summed E-state index contributed by atoms with van der Waals surface area (Å²) in [6, 6.07) is 12.2. The SMILES string of the molecule is N#Cc1ccccc1-c1nnn(CC(=O)N/N=C\c2cc(Br)cc(Br)c2O)n1. The van der Waals surface area contributed by atoms with Crippen LogP contribution >= 0.6 is 31.9 Å². The summed E-state index contributed by atoms with van der Waals surface area (Å²) in [6.07, 6.45) is 1.31. The van der Waals surface area contributed by atoms with Crippen LogP contribution in [0.3, 0.4) is 0 Å². The normalized spacial score (nSPS) is 10.8. The van der Waals surface area contributed by atoms with Gasteiger partial charge in [0, 0.05) is 15.6 Å². The van der Waals surface area contributed by atoms with Gasteiger partial charge in [-0.1, -0.05) is 28.1 Å². The number of hydrazone groups is 1. The summed E-state index contributed by atoms with van der Waals surface area (Å²) >= 11 is 6.52. The van der Waals surface area contributed by atoms with E-state index < -0.39 is 5.91 Å². The molecule has 0 saturated heterocycles. The number of rotatable bonds is 5. The Morgan fingerprint density at radius 2 is 2.14 bits per heavy atom. The first-order valence-corrected chi connectivity index (χ1v) is 9.33. The number of tetrazole rings is 1. The molecule has 11 heteroatoms. The average Bonchev–Trinajstić information content (AvgIpc) is 3.13. The number of halogens is 2. The summed E-state index contributed by atoms with van der Waals surface area (Å²) < 4.78 is 1.23. The Bertz CT molecular complexity index is 1110. The zero-order valence-electron chi connectivity index (χ0n) is 14.0. The van der Waals surface area contributed by atoms with Crippen molar-refractivity contribution in [3.63, 3.8) is 0 Å². The smallest absolute Gasteiger partial charge is 0.263 e. The number of hydrogen-bond acceptors (Lipinski definition) is 7. The van der Waals surface area contributed by atoms with E-state index in [9.17, 15) is 9.90 Å². The highest BCUT2D eigenvalue weighted by atomic mass is 79.9. The number of carbonyl (C=O) groups excluding carboxylic acids is 1. The molecule has 2 N–H and O–H groups in total. The lowest BCUT2D eigenvalue weighted by atomic mass is 10.1. The van der Waals surface area contributed by atoms with Crippen molar-refractivity contribution in [1.29, 1.82) is 5.26 Å². The highest BCUT2D eigenvalue weighted by Gasteiger charge is 2.12. The summed E-state index contributed by atoms with van der Waals surface area (Å²) in [6.45, 7) is -0.215. The van der Waals surface area contributed by atoms with Gasteiger partial charge >= 0.3 is 0 Å². The summed E-state index contributed by atoms with van der Waals surface area (Å²) in [7, 11) is 0. The van der Waals surface area contributed by atoms with Crippen molar-refractivity contribution in [2.75, 3.05) is 0 Å². The second-order valence-corrected chi connectivity index (χ2v) is 7.19. The molecule has 0 saturated carbocycles. The molecule has 140 valence electrons. The number of phenolic OH excluding ortho intramolecular Hbond substituents is 1. The summed E-state index contributed by atoms with van der Waals surface area (Å²) in [4.78, 5) is 13.1. The second kappa shape index (κ2) is 8.73. The van der Waals surface area contributed by atoms with Crippen LogP contribution in [-0.2, 0) is 11.3 Å². The molecule has 1 aromatic heterocycles. The zero-order valence-corrected chi connectivity index (χ0v) is 17.2. The van der Waals surface area contributed by atoms with Crippen LogP contribution in [0, 0.1) is 11.3 Å². The Balaban J connectivity index is 1.65. The van der Waals surface area contributed by atoms with Crippen molar-refractivity contribution in [2.24, 2.45) is 5.10 Å². The molecule has 3 rings (SSSR count). The van der Waals surface area contributed by atoms with Gasteiger partial charge in [0.2, 0.25) is 5.82 Å². The first-order chi connectivity index (χ1) is 13.5. The topological polar surface area (TPSA) is 129 Å². The van der Waals surface area contributed by atoms with Crippen LogP contribution in [0.25, 0.3) is 11.4 Å². The number of nitriles is 1. The van der Waals surface area contributed by atoms with E-state index in [1.807, 2.05) is 0 Å². The van der Waals surface area contributed by atoms with Crippen LogP contribution in [0.5, 0.6) is 5.75 Å². The van der Waals surface area contributed by atoms with E-state index in [-0.39, 0.29) is 18.1 Å². The largest absolute Gasteiger partial charge is 0.506 e. The Morgan fingerprint density at radius 3 is 2.93 bits per heavy atom. The molecule has 28 heavy (non-hydrogen) atoms. The van der Waals surface area contributed by atoms with Crippen LogP contribution in [0.2, 0.25) is 0 Å². The molecule has 1 heterocycles. The van der Waals surface area contributed by atoms with Gasteiger partial charge in [0.05, 0.1) is 22.3 Å². The predicted octanol–water partition coefficient (Wildman–Crippen LogP) is 2.59. The molecular formula is C17H11Br2N7O2. The molecule has 3 aromatic rings. The van der Waals surface area contributed by atoms with Crippen LogP contribution in [-0.4, -0.2) is 37.4 Å². The molecule has 0 fully saturated rings. The van der Waals surface area contributed by atoms with E-state index in [0.29, 0.717) is 21.2 Å². The van der Waals surface area contributed by atoms with Gasteiger partial charge in [0.25, 0.3) is 5.91 Å². The van der Waals surface area contributed by atoms with Gasteiger partial charge in [-0.05, 0) is 45.4 Å². The molecule has 0 bridgehead atoms. The van der Waals surface area contributed by atoms with Gasteiger partial charge in [-0.3, -0.25) is 4.79 Å². The minimum Gasteiger partial charge on any atom is -0.506 e. The lowest BCUT2D eigenvalue weighted by molar-refractivity contribution is -0.122. The number of amides is 1. The molecule has 0 unspecified atom stereocenters. The molecular weight excluding hydrogens is 494 g/mol. The van der Waals surface area contributed by atoms with Crippen molar-refractivity contribution in [2.45, 2.75) is 6.54 Å². The quantitative estimate of drug-likeness (QED) is 0.405.